The van der Waals surface area contributed by atoms with Crippen LogP contribution in [0.1, 0.15) is 5.56 Å². The Labute approximate surface area is 130 Å². The first kappa shape index (κ1) is 13.2. The van der Waals surface area contributed by atoms with Crippen LogP contribution in [0.25, 0.3) is 0 Å². The summed E-state index contributed by atoms with van der Waals surface area (Å²) in [5, 5.41) is 4.14. The summed E-state index contributed by atoms with van der Waals surface area (Å²) >= 11 is 0. The zero-order valence-corrected chi connectivity index (χ0v) is 12.2. The Bertz CT molecular complexity index is 762. The van der Waals surface area contributed by atoms with Crippen molar-refractivity contribution in [3.05, 3.63) is 35.6 Å². The van der Waals surface area contributed by atoms with Crippen molar-refractivity contribution in [2.24, 2.45) is 22.9 Å². The van der Waals surface area contributed by atoms with E-state index in [-0.39, 0.29) is 29.7 Å². The molecule has 6 atom stereocenters. The second-order valence-electron chi connectivity index (χ2n) is 6.43. The fourth-order valence-corrected chi connectivity index (χ4v) is 4.37. The first-order valence-corrected chi connectivity index (χ1v) is 7.54. The van der Waals surface area contributed by atoms with Gasteiger partial charge in [0.05, 0.1) is 29.6 Å². The van der Waals surface area contributed by atoms with Gasteiger partial charge in [0.15, 0.2) is 6.10 Å². The van der Waals surface area contributed by atoms with E-state index < -0.39 is 24.0 Å². The van der Waals surface area contributed by atoms with Crippen molar-refractivity contribution in [1.82, 2.24) is 4.90 Å². The van der Waals surface area contributed by atoms with Crippen LogP contribution in [-0.2, 0) is 19.2 Å². The van der Waals surface area contributed by atoms with Crippen molar-refractivity contribution < 1.29 is 23.6 Å². The molecule has 0 aliphatic carbocycles. The van der Waals surface area contributed by atoms with E-state index in [0.29, 0.717) is 5.71 Å². The van der Waals surface area contributed by atoms with Gasteiger partial charge < -0.3 is 9.57 Å². The lowest BCUT2D eigenvalue weighted by molar-refractivity contribution is -0.141. The number of ether oxygens (including phenoxy) is 1. The van der Waals surface area contributed by atoms with E-state index >= 15 is 0 Å². The van der Waals surface area contributed by atoms with Crippen molar-refractivity contribution in [3.8, 4) is 0 Å². The molecule has 0 spiro atoms. The molecular weight excluding hydrogens is 303 g/mol. The lowest BCUT2D eigenvalue weighted by Gasteiger charge is -2.26. The van der Waals surface area contributed by atoms with Gasteiger partial charge in [0, 0.05) is 12.6 Å². The standard InChI is InChI=1S/C16H13FN2O4/c1-19-15(20)8-9(16(19)21)13-14-10(12(8)22-13)11(18-23-14)6-2-4-7(17)5-3-6/h2-5,8-10,12-14H,1H3/t8-,9-,10-,12+,13+,14+/m0/s1. The molecule has 118 valence electrons. The quantitative estimate of drug-likeness (QED) is 0.710. The molecule has 0 aromatic heterocycles. The number of likely N-dealkylation sites (tertiary alicyclic amines) is 1. The molecule has 0 unspecified atom stereocenters. The predicted molar refractivity (Wildman–Crippen MR) is 74.7 cm³/mol. The first-order chi connectivity index (χ1) is 11.1. The number of oxime groups is 1. The average molecular weight is 316 g/mol. The number of fused-ring (bicyclic) bond motifs is 8. The summed E-state index contributed by atoms with van der Waals surface area (Å²) < 4.78 is 19.0. The van der Waals surface area contributed by atoms with Crippen LogP contribution in [0.15, 0.2) is 29.4 Å². The molecule has 1 aromatic carbocycles. The summed E-state index contributed by atoms with van der Waals surface area (Å²) in [4.78, 5) is 31.3. The van der Waals surface area contributed by atoms with Crippen LogP contribution in [0.4, 0.5) is 4.39 Å². The van der Waals surface area contributed by atoms with Crippen LogP contribution in [0.2, 0.25) is 0 Å². The Hall–Kier alpha value is -2.28. The van der Waals surface area contributed by atoms with E-state index in [4.69, 9.17) is 9.57 Å². The number of hydrogen-bond acceptors (Lipinski definition) is 5. The van der Waals surface area contributed by atoms with E-state index in [1.165, 1.54) is 24.1 Å². The van der Waals surface area contributed by atoms with E-state index in [9.17, 15) is 14.0 Å². The predicted octanol–water partition coefficient (Wildman–Crippen LogP) is 0.557. The van der Waals surface area contributed by atoms with Crippen molar-refractivity contribution in [1.29, 1.82) is 0 Å². The van der Waals surface area contributed by atoms with E-state index in [1.54, 1.807) is 12.1 Å². The number of carbonyl (C=O) groups is 2. The maximum absolute atomic E-state index is 13.1. The second-order valence-corrected chi connectivity index (χ2v) is 6.43. The summed E-state index contributed by atoms with van der Waals surface area (Å²) in [5.41, 5.74) is 1.41. The molecule has 4 heterocycles. The third kappa shape index (κ3) is 1.48. The molecule has 6 nitrogen and oxygen atoms in total. The number of benzene rings is 1. The average Bonchev–Trinajstić information content (AvgIpc) is 3.26. The van der Waals surface area contributed by atoms with Gasteiger partial charge in [0.25, 0.3) is 0 Å². The molecule has 2 amide bonds. The maximum atomic E-state index is 13.1. The molecule has 3 saturated heterocycles. The molecule has 1 aromatic rings. The SMILES string of the molecule is CN1C(=O)[C@@H]2[C@H]3O[C@@H]([C@@H]4C(c5ccc(F)cc5)=NO[C@@H]34)[C@H]2C1=O. The summed E-state index contributed by atoms with van der Waals surface area (Å²) in [6.45, 7) is 0. The molecule has 2 bridgehead atoms. The lowest BCUT2D eigenvalue weighted by atomic mass is 9.71. The third-order valence-electron chi connectivity index (χ3n) is 5.40. The fraction of sp³-hybridized carbons (Fsp3) is 0.438. The van der Waals surface area contributed by atoms with Gasteiger partial charge in [0.2, 0.25) is 11.8 Å². The summed E-state index contributed by atoms with van der Waals surface area (Å²) in [5.74, 6) is -1.86. The molecule has 4 aliphatic rings. The Balaban J connectivity index is 1.53. The highest BCUT2D eigenvalue weighted by Gasteiger charge is 2.71. The van der Waals surface area contributed by atoms with Crippen molar-refractivity contribution in [3.63, 3.8) is 0 Å². The van der Waals surface area contributed by atoms with Gasteiger partial charge in [-0.25, -0.2) is 4.39 Å². The highest BCUT2D eigenvalue weighted by Crippen LogP contribution is 2.54. The molecule has 0 saturated carbocycles. The number of carbonyl (C=O) groups excluding carboxylic acids is 2. The Morgan fingerprint density at radius 1 is 1.00 bits per heavy atom. The second kappa shape index (κ2) is 4.17. The van der Waals surface area contributed by atoms with Crippen LogP contribution < -0.4 is 0 Å². The molecule has 0 N–H and O–H groups in total. The van der Waals surface area contributed by atoms with Gasteiger partial charge in [0.1, 0.15) is 11.9 Å². The van der Waals surface area contributed by atoms with Gasteiger partial charge in [-0.05, 0) is 12.1 Å². The monoisotopic (exact) mass is 316 g/mol. The highest BCUT2D eigenvalue weighted by molar-refractivity contribution is 6.09. The number of amides is 2. The number of nitrogens with zero attached hydrogens (tertiary/aromatic N) is 2. The van der Waals surface area contributed by atoms with Gasteiger partial charge >= 0.3 is 0 Å². The Kier molecular flexibility index (Phi) is 2.39. The number of rotatable bonds is 1. The lowest BCUT2D eigenvalue weighted by Crippen LogP contribution is -2.45. The minimum atomic E-state index is -0.471. The highest BCUT2D eigenvalue weighted by atomic mass is 19.1. The first-order valence-electron chi connectivity index (χ1n) is 7.54. The van der Waals surface area contributed by atoms with Gasteiger partial charge in [-0.3, -0.25) is 14.5 Å². The summed E-state index contributed by atoms with van der Waals surface area (Å²) in [7, 11) is 1.51. The number of halogens is 1. The molecule has 5 rings (SSSR count). The fourth-order valence-electron chi connectivity index (χ4n) is 4.37. The number of hydrogen-bond donors (Lipinski definition) is 0. The third-order valence-corrected chi connectivity index (χ3v) is 5.40. The van der Waals surface area contributed by atoms with E-state index in [1.807, 2.05) is 0 Å². The van der Waals surface area contributed by atoms with Crippen molar-refractivity contribution in [2.45, 2.75) is 18.3 Å². The summed E-state index contributed by atoms with van der Waals surface area (Å²) in [6.07, 6.45) is -1.22. The smallest absolute Gasteiger partial charge is 0.235 e. The Morgan fingerprint density at radius 3 is 2.35 bits per heavy atom. The van der Waals surface area contributed by atoms with Gasteiger partial charge in [-0.1, -0.05) is 17.3 Å². The number of imide groups is 1. The molecule has 23 heavy (non-hydrogen) atoms. The van der Waals surface area contributed by atoms with Crippen LogP contribution in [0, 0.1) is 23.6 Å². The Morgan fingerprint density at radius 2 is 1.65 bits per heavy atom. The van der Waals surface area contributed by atoms with Crippen LogP contribution in [0.5, 0.6) is 0 Å². The van der Waals surface area contributed by atoms with Crippen LogP contribution >= 0.6 is 0 Å². The zero-order valence-electron chi connectivity index (χ0n) is 12.2. The summed E-state index contributed by atoms with van der Waals surface area (Å²) in [6, 6.07) is 5.99. The molecule has 0 radical (unpaired) electrons. The molecular formula is C16H13FN2O4. The molecule has 3 fully saturated rings. The van der Waals surface area contributed by atoms with Crippen molar-refractivity contribution in [2.75, 3.05) is 7.05 Å². The normalized spacial score (nSPS) is 40.3. The van der Waals surface area contributed by atoms with Gasteiger partial charge in [-0.2, -0.15) is 0 Å². The van der Waals surface area contributed by atoms with Gasteiger partial charge in [-0.15, -0.1) is 0 Å². The topological polar surface area (TPSA) is 68.2 Å². The molecule has 7 heteroatoms. The van der Waals surface area contributed by atoms with Crippen LogP contribution in [0.3, 0.4) is 0 Å². The van der Waals surface area contributed by atoms with Crippen molar-refractivity contribution >= 4 is 17.5 Å². The van der Waals surface area contributed by atoms with Crippen LogP contribution in [-0.4, -0.2) is 47.8 Å². The minimum absolute atomic E-state index is 0.198. The van der Waals surface area contributed by atoms with E-state index in [0.717, 1.165) is 5.56 Å². The molecule has 4 aliphatic heterocycles. The van der Waals surface area contributed by atoms with E-state index in [2.05, 4.69) is 5.16 Å². The zero-order chi connectivity index (χ0) is 15.9. The largest absolute Gasteiger partial charge is 0.389 e. The maximum Gasteiger partial charge on any atom is 0.235 e. The minimum Gasteiger partial charge on any atom is -0.389 e.